The normalized spacial score (nSPS) is 18.6. The van der Waals surface area contributed by atoms with E-state index < -0.39 is 0 Å². The third kappa shape index (κ3) is 4.10. The Bertz CT molecular complexity index is 1220. The van der Waals surface area contributed by atoms with Gasteiger partial charge in [0.25, 0.3) is 0 Å². The fourth-order valence-corrected chi connectivity index (χ4v) is 5.49. The maximum Gasteiger partial charge on any atom is 0.123 e. The smallest absolute Gasteiger partial charge is 0.123 e. The third-order valence-corrected chi connectivity index (χ3v) is 7.26. The third-order valence-electron chi connectivity index (χ3n) is 6.28. The molecule has 0 amide bonds. The number of aromatic nitrogens is 1. The van der Waals surface area contributed by atoms with Crippen molar-refractivity contribution in [1.29, 1.82) is 0 Å². The van der Waals surface area contributed by atoms with Gasteiger partial charge in [-0.15, -0.1) is 11.3 Å². The van der Waals surface area contributed by atoms with Gasteiger partial charge in [-0.2, -0.15) is 0 Å². The molecule has 2 aliphatic heterocycles. The fraction of sp³-hybridized carbons (Fsp3) is 0.320. The predicted molar refractivity (Wildman–Crippen MR) is 126 cm³/mol. The molecule has 4 heterocycles. The molecule has 1 unspecified atom stereocenters. The van der Waals surface area contributed by atoms with Crippen LogP contribution < -0.4 is 15.9 Å². The highest BCUT2D eigenvalue weighted by Gasteiger charge is 2.29. The predicted octanol–water partition coefficient (Wildman–Crippen LogP) is 3.16. The summed E-state index contributed by atoms with van der Waals surface area (Å²) >= 11 is 1.79. The number of halogens is 1. The highest BCUT2D eigenvalue weighted by atomic mass is 32.1. The molecular weight excluding hydrogens is 407 g/mol. The molecule has 0 saturated carbocycles. The number of rotatable bonds is 4. The first-order valence-corrected chi connectivity index (χ1v) is 11.6. The van der Waals surface area contributed by atoms with Crippen molar-refractivity contribution in [2.24, 2.45) is 0 Å². The zero-order valence-corrected chi connectivity index (χ0v) is 18.8. The molecule has 1 aromatic carbocycles. The Hall–Kier alpha value is -2.70. The number of fused-ring (bicyclic) bond motifs is 2. The molecule has 160 valence electrons. The second kappa shape index (κ2) is 8.44. The number of anilines is 1. The molecule has 1 fully saturated rings. The number of nitrogens with zero attached hydrogens (tertiary/aromatic N) is 3. The highest BCUT2D eigenvalue weighted by molar-refractivity contribution is 7.16. The van der Waals surface area contributed by atoms with Gasteiger partial charge in [0.15, 0.2) is 0 Å². The Balaban J connectivity index is 1.48. The molecule has 6 heteroatoms. The van der Waals surface area contributed by atoms with E-state index in [-0.39, 0.29) is 5.82 Å². The zero-order chi connectivity index (χ0) is 21.4. The average molecular weight is 435 g/mol. The van der Waals surface area contributed by atoms with E-state index in [0.717, 1.165) is 48.6 Å². The molecule has 0 bridgehead atoms. The van der Waals surface area contributed by atoms with Crippen molar-refractivity contribution in [3.8, 4) is 0 Å². The minimum absolute atomic E-state index is 0.156. The molecule has 4 nitrogen and oxygen atoms in total. The lowest BCUT2D eigenvalue weighted by atomic mass is 10.0. The molecule has 0 radical (unpaired) electrons. The first-order valence-electron chi connectivity index (χ1n) is 10.8. The van der Waals surface area contributed by atoms with Crippen LogP contribution in [0.15, 0.2) is 48.7 Å². The van der Waals surface area contributed by atoms with Gasteiger partial charge in [-0.05, 0) is 62.7 Å². The van der Waals surface area contributed by atoms with Crippen LogP contribution in [0.25, 0.3) is 11.9 Å². The van der Waals surface area contributed by atoms with Crippen molar-refractivity contribution in [2.45, 2.75) is 25.8 Å². The summed E-state index contributed by atoms with van der Waals surface area (Å²) in [6.45, 7) is 5.05. The average Bonchev–Trinajstić information content (AvgIpc) is 3.06. The van der Waals surface area contributed by atoms with Gasteiger partial charge in [0.1, 0.15) is 10.8 Å². The van der Waals surface area contributed by atoms with E-state index in [1.165, 1.54) is 27.2 Å². The van der Waals surface area contributed by atoms with Crippen LogP contribution in [0.3, 0.4) is 0 Å². The number of thiophene rings is 1. The van der Waals surface area contributed by atoms with Crippen LogP contribution in [0.4, 0.5) is 9.39 Å². The molecule has 1 saturated heterocycles. The topological polar surface area (TPSA) is 31.4 Å². The number of hydrogen-bond donors (Lipinski definition) is 1. The Kier molecular flexibility index (Phi) is 5.50. The number of nitrogens with one attached hydrogen (secondary N) is 1. The van der Waals surface area contributed by atoms with E-state index >= 15 is 0 Å². The number of pyridine rings is 1. The second-order valence-electron chi connectivity index (χ2n) is 8.43. The van der Waals surface area contributed by atoms with E-state index in [9.17, 15) is 4.39 Å². The minimum Gasteiger partial charge on any atom is -0.366 e. The van der Waals surface area contributed by atoms with Crippen molar-refractivity contribution in [1.82, 2.24) is 14.8 Å². The number of aryl methyl sites for hydroxylation is 2. The van der Waals surface area contributed by atoms with E-state index in [2.05, 4.69) is 47.4 Å². The van der Waals surface area contributed by atoms with Gasteiger partial charge in [0.2, 0.25) is 0 Å². The summed E-state index contributed by atoms with van der Waals surface area (Å²) in [7, 11) is 2.20. The van der Waals surface area contributed by atoms with E-state index in [1.807, 2.05) is 18.3 Å². The van der Waals surface area contributed by atoms with Gasteiger partial charge in [0, 0.05) is 53.7 Å². The maximum atomic E-state index is 13.6. The maximum absolute atomic E-state index is 13.6. The Morgan fingerprint density at radius 3 is 2.97 bits per heavy atom. The van der Waals surface area contributed by atoms with Gasteiger partial charge < -0.3 is 10.2 Å². The molecule has 2 aliphatic rings. The summed E-state index contributed by atoms with van der Waals surface area (Å²) in [4.78, 5) is 11.0. The lowest BCUT2D eigenvalue weighted by Crippen LogP contribution is -2.52. The van der Waals surface area contributed by atoms with Gasteiger partial charge in [-0.1, -0.05) is 12.1 Å². The highest BCUT2D eigenvalue weighted by Crippen LogP contribution is 2.35. The molecule has 5 rings (SSSR count). The van der Waals surface area contributed by atoms with Gasteiger partial charge in [-0.25, -0.2) is 4.39 Å². The Labute approximate surface area is 186 Å². The monoisotopic (exact) mass is 434 g/mol. The molecule has 0 spiro atoms. The van der Waals surface area contributed by atoms with Crippen molar-refractivity contribution in [2.75, 3.05) is 32.0 Å². The molecule has 1 N–H and O–H groups in total. The summed E-state index contributed by atoms with van der Waals surface area (Å²) in [5.41, 5.74) is 3.53. The largest absolute Gasteiger partial charge is 0.366 e. The van der Waals surface area contributed by atoms with E-state index in [1.54, 1.807) is 23.5 Å². The number of hydrogen-bond acceptors (Lipinski definition) is 5. The summed E-state index contributed by atoms with van der Waals surface area (Å²) in [5.74, 6) is -0.156. The lowest BCUT2D eigenvalue weighted by Gasteiger charge is -2.41. The standard InChI is InChI=1S/C25H27FN4S/c1-17-13-22-24(23-19(6-4-10-27-23)15-28-25(22)31-17)30-12-11-29(2)21(16-30)9-8-18-5-3-7-20(26)14-18/h3-7,10,13-15,21,28H,8-9,11-12,16H2,1-2H3. The quantitative estimate of drug-likeness (QED) is 0.684. The number of piperazine rings is 1. The zero-order valence-electron chi connectivity index (χ0n) is 17.9. The summed E-state index contributed by atoms with van der Waals surface area (Å²) < 4.78 is 13.6. The van der Waals surface area contributed by atoms with Gasteiger partial charge in [-0.3, -0.25) is 9.88 Å². The lowest BCUT2D eigenvalue weighted by molar-refractivity contribution is 0.128. The van der Waals surface area contributed by atoms with Crippen molar-refractivity contribution in [3.63, 3.8) is 0 Å². The van der Waals surface area contributed by atoms with Crippen LogP contribution in [-0.2, 0) is 6.42 Å². The summed E-state index contributed by atoms with van der Waals surface area (Å²) in [5, 5.41) is 6.85. The van der Waals surface area contributed by atoms with Crippen molar-refractivity contribution in [3.05, 3.63) is 81.1 Å². The van der Waals surface area contributed by atoms with Crippen LogP contribution in [0.1, 0.15) is 22.4 Å². The minimum atomic E-state index is -0.156. The Morgan fingerprint density at radius 2 is 2.10 bits per heavy atom. The summed E-state index contributed by atoms with van der Waals surface area (Å²) in [6, 6.07) is 13.8. The SMILES string of the molecule is Cc1cc2c(s1)NC=c1cccnc1=C2N1CCN(C)C(CCc2cccc(F)c2)C1. The first-order chi connectivity index (χ1) is 15.1. The number of benzene rings is 1. The van der Waals surface area contributed by atoms with E-state index in [4.69, 9.17) is 4.98 Å². The van der Waals surface area contributed by atoms with Crippen LogP contribution in [0, 0.1) is 12.7 Å². The molecule has 0 aliphatic carbocycles. The first kappa shape index (κ1) is 20.2. The fourth-order valence-electron chi connectivity index (χ4n) is 4.61. The molecule has 2 aromatic heterocycles. The number of likely N-dealkylation sites (N-methyl/N-ethyl adjacent to an activating group) is 1. The van der Waals surface area contributed by atoms with Crippen LogP contribution in [-0.4, -0.2) is 47.5 Å². The molecular formula is C25H27FN4S. The molecule has 1 atom stereocenters. The van der Waals surface area contributed by atoms with Crippen molar-refractivity contribution < 1.29 is 4.39 Å². The molecule has 3 aromatic rings. The van der Waals surface area contributed by atoms with Crippen LogP contribution >= 0.6 is 11.3 Å². The van der Waals surface area contributed by atoms with Crippen LogP contribution in [0.2, 0.25) is 0 Å². The van der Waals surface area contributed by atoms with Crippen LogP contribution in [0.5, 0.6) is 0 Å². The molecule has 31 heavy (non-hydrogen) atoms. The van der Waals surface area contributed by atoms with E-state index in [0.29, 0.717) is 6.04 Å². The second-order valence-corrected chi connectivity index (χ2v) is 9.68. The summed E-state index contributed by atoms with van der Waals surface area (Å²) in [6.07, 6.45) is 5.83. The van der Waals surface area contributed by atoms with Gasteiger partial charge >= 0.3 is 0 Å². The van der Waals surface area contributed by atoms with Gasteiger partial charge in [0.05, 0.1) is 11.0 Å². The Morgan fingerprint density at radius 1 is 1.19 bits per heavy atom. The van der Waals surface area contributed by atoms with Crippen molar-refractivity contribution >= 4 is 28.2 Å².